The van der Waals surface area contributed by atoms with E-state index in [9.17, 15) is 36.0 Å². The molecule has 1 aliphatic heterocycles. The molecule has 0 saturated heterocycles. The SMILES string of the molecule is CC(C)(C(=O)NS(C)(=O)=O)S(=O)(=O)C1(CN2CCn3c(ccc(C(=O)NCc4ccc(Cl)cc4)c3=O)C2=O)CC1. The Morgan fingerprint density at radius 1 is 1.00 bits per heavy atom. The minimum Gasteiger partial charge on any atom is -0.348 e. The molecule has 0 atom stereocenters. The summed E-state index contributed by atoms with van der Waals surface area (Å²) in [6.45, 7) is 2.26. The zero-order chi connectivity index (χ0) is 29.7. The molecule has 0 radical (unpaired) electrons. The fourth-order valence-electron chi connectivity index (χ4n) is 4.63. The lowest BCUT2D eigenvalue weighted by Crippen LogP contribution is -2.57. The highest BCUT2D eigenvalue weighted by Crippen LogP contribution is 2.49. The summed E-state index contributed by atoms with van der Waals surface area (Å²) in [4.78, 5) is 52.9. The van der Waals surface area contributed by atoms with Crippen molar-refractivity contribution in [1.82, 2.24) is 19.5 Å². The fraction of sp³-hybridized carbons (Fsp3) is 0.440. The molecular formula is C25H29ClN4O8S2. The van der Waals surface area contributed by atoms with Crippen LogP contribution in [0.2, 0.25) is 5.02 Å². The Kier molecular flexibility index (Phi) is 7.67. The van der Waals surface area contributed by atoms with E-state index in [1.54, 1.807) is 29.0 Å². The summed E-state index contributed by atoms with van der Waals surface area (Å²) in [6.07, 6.45) is 1.13. The van der Waals surface area contributed by atoms with Gasteiger partial charge in [0.05, 0.1) is 11.0 Å². The van der Waals surface area contributed by atoms with Gasteiger partial charge in [-0.25, -0.2) is 16.8 Å². The van der Waals surface area contributed by atoms with E-state index in [0.717, 1.165) is 25.7 Å². The summed E-state index contributed by atoms with van der Waals surface area (Å²) < 4.78 is 49.6. The first-order valence-corrected chi connectivity index (χ1v) is 16.1. The van der Waals surface area contributed by atoms with Crippen LogP contribution in [0.3, 0.4) is 0 Å². The number of rotatable bonds is 9. The summed E-state index contributed by atoms with van der Waals surface area (Å²) in [5, 5.41) is 3.22. The van der Waals surface area contributed by atoms with E-state index in [0.29, 0.717) is 5.02 Å². The van der Waals surface area contributed by atoms with Crippen LogP contribution in [0.5, 0.6) is 0 Å². The maximum atomic E-state index is 13.5. The van der Waals surface area contributed by atoms with Crippen LogP contribution >= 0.6 is 11.6 Å². The maximum Gasteiger partial charge on any atom is 0.270 e. The molecule has 2 heterocycles. The van der Waals surface area contributed by atoms with Crippen molar-refractivity contribution in [2.45, 2.75) is 49.3 Å². The molecule has 0 unspecified atom stereocenters. The standard InChI is InChI=1S/C25H29ClN4O8S2/c1-24(2,23(34)28-39(3,35)36)40(37,38)25(10-11-25)15-29-12-13-30-19(22(29)33)9-8-18(21(30)32)20(31)27-14-16-4-6-17(26)7-5-16/h4-9H,10-15H2,1-3H3,(H,27,31)(H,28,34). The molecule has 0 bridgehead atoms. The highest BCUT2D eigenvalue weighted by atomic mass is 35.5. The van der Waals surface area contributed by atoms with Gasteiger partial charge in [0, 0.05) is 31.2 Å². The van der Waals surface area contributed by atoms with Gasteiger partial charge in [0.15, 0.2) is 9.84 Å². The number of benzene rings is 1. The molecule has 4 rings (SSSR count). The lowest BCUT2D eigenvalue weighted by molar-refractivity contribution is -0.121. The van der Waals surface area contributed by atoms with Crippen LogP contribution in [0, 0.1) is 0 Å². The quantitative estimate of drug-likeness (QED) is 0.417. The molecule has 2 aliphatic rings. The van der Waals surface area contributed by atoms with Crippen LogP contribution in [0.25, 0.3) is 0 Å². The van der Waals surface area contributed by atoms with Crippen molar-refractivity contribution >= 4 is 49.2 Å². The van der Waals surface area contributed by atoms with Crippen molar-refractivity contribution in [1.29, 1.82) is 0 Å². The number of aromatic nitrogens is 1. The second-order valence-electron chi connectivity index (χ2n) is 10.5. The molecule has 1 fully saturated rings. The van der Waals surface area contributed by atoms with Gasteiger partial charge in [0.25, 0.3) is 23.3 Å². The molecule has 3 amide bonds. The van der Waals surface area contributed by atoms with Gasteiger partial charge in [-0.2, -0.15) is 0 Å². The average molecular weight is 613 g/mol. The average Bonchev–Trinajstić information content (AvgIpc) is 3.66. The lowest BCUT2D eigenvalue weighted by atomic mass is 10.1. The number of pyridine rings is 1. The smallest absolute Gasteiger partial charge is 0.270 e. The number of nitrogens with zero attached hydrogens (tertiary/aromatic N) is 2. The van der Waals surface area contributed by atoms with Crippen LogP contribution < -0.4 is 15.6 Å². The molecule has 1 aromatic heterocycles. The number of carbonyl (C=O) groups is 3. The predicted molar refractivity (Wildman–Crippen MR) is 147 cm³/mol. The van der Waals surface area contributed by atoms with E-state index in [1.807, 2.05) is 0 Å². The van der Waals surface area contributed by atoms with E-state index in [2.05, 4.69) is 5.32 Å². The first-order valence-electron chi connectivity index (χ1n) is 12.3. The van der Waals surface area contributed by atoms with Crippen molar-refractivity contribution in [3.8, 4) is 0 Å². The fourth-order valence-corrected chi connectivity index (χ4v) is 7.75. The number of hydrogen-bond acceptors (Lipinski definition) is 8. The van der Waals surface area contributed by atoms with Crippen molar-refractivity contribution in [3.63, 3.8) is 0 Å². The number of sulfonamides is 1. The minimum atomic E-state index is -4.26. The summed E-state index contributed by atoms with van der Waals surface area (Å²) in [5.74, 6) is -2.37. The van der Waals surface area contributed by atoms with E-state index < -0.39 is 52.6 Å². The van der Waals surface area contributed by atoms with Crippen LogP contribution in [0.4, 0.5) is 0 Å². The summed E-state index contributed by atoms with van der Waals surface area (Å²) in [5.41, 5.74) is 0.000584. The normalized spacial score (nSPS) is 16.7. The Hall–Kier alpha value is -3.23. The Morgan fingerprint density at radius 3 is 2.20 bits per heavy atom. The number of fused-ring (bicyclic) bond motifs is 1. The Bertz CT molecular complexity index is 1660. The highest BCUT2D eigenvalue weighted by Gasteiger charge is 2.63. The van der Waals surface area contributed by atoms with Crippen molar-refractivity contribution < 1.29 is 31.2 Å². The third-order valence-corrected chi connectivity index (χ3v) is 11.3. The van der Waals surface area contributed by atoms with Gasteiger partial charge < -0.3 is 14.8 Å². The molecule has 12 nitrogen and oxygen atoms in total. The number of hydrogen-bond donors (Lipinski definition) is 2. The minimum absolute atomic E-state index is 0.00720. The number of nitrogens with one attached hydrogen (secondary N) is 2. The summed E-state index contributed by atoms with van der Waals surface area (Å²) >= 11 is 5.87. The zero-order valence-electron chi connectivity index (χ0n) is 22.1. The Balaban J connectivity index is 1.50. The first-order chi connectivity index (χ1) is 18.5. The second kappa shape index (κ2) is 10.3. The topological polar surface area (TPSA) is 169 Å². The molecule has 15 heteroatoms. The number of carbonyl (C=O) groups excluding carboxylic acids is 3. The summed E-state index contributed by atoms with van der Waals surface area (Å²) in [7, 11) is -8.24. The van der Waals surface area contributed by atoms with E-state index in [-0.39, 0.29) is 50.3 Å². The number of halogens is 1. The second-order valence-corrected chi connectivity index (χ2v) is 15.6. The molecule has 2 N–H and O–H groups in total. The molecule has 40 heavy (non-hydrogen) atoms. The first kappa shape index (κ1) is 29.7. The molecular weight excluding hydrogens is 584 g/mol. The highest BCUT2D eigenvalue weighted by molar-refractivity contribution is 7.95. The van der Waals surface area contributed by atoms with Crippen LogP contribution in [-0.4, -0.2) is 72.9 Å². The molecule has 1 saturated carbocycles. The molecule has 216 valence electrons. The monoisotopic (exact) mass is 612 g/mol. The molecule has 0 spiro atoms. The van der Waals surface area contributed by atoms with Crippen molar-refractivity contribution in [2.75, 3.05) is 19.3 Å². The lowest BCUT2D eigenvalue weighted by Gasteiger charge is -2.35. The van der Waals surface area contributed by atoms with E-state index >= 15 is 0 Å². The number of sulfone groups is 1. The third-order valence-electron chi connectivity index (χ3n) is 7.24. The van der Waals surface area contributed by atoms with E-state index in [1.165, 1.54) is 21.6 Å². The van der Waals surface area contributed by atoms with Crippen LogP contribution in [0.1, 0.15) is 53.1 Å². The molecule has 2 aromatic rings. The van der Waals surface area contributed by atoms with Crippen LogP contribution in [0.15, 0.2) is 41.2 Å². The number of amides is 3. The van der Waals surface area contributed by atoms with Crippen molar-refractivity contribution in [3.05, 3.63) is 68.6 Å². The van der Waals surface area contributed by atoms with Gasteiger partial charge in [0.1, 0.15) is 16.0 Å². The van der Waals surface area contributed by atoms with Crippen LogP contribution in [-0.2, 0) is 37.7 Å². The van der Waals surface area contributed by atoms with Gasteiger partial charge in [-0.05, 0) is 56.5 Å². The van der Waals surface area contributed by atoms with Gasteiger partial charge in [-0.1, -0.05) is 23.7 Å². The van der Waals surface area contributed by atoms with Gasteiger partial charge in [-0.15, -0.1) is 0 Å². The maximum absolute atomic E-state index is 13.5. The molecule has 1 aromatic carbocycles. The van der Waals surface area contributed by atoms with Gasteiger partial charge in [0.2, 0.25) is 10.0 Å². The zero-order valence-corrected chi connectivity index (χ0v) is 24.5. The molecule has 1 aliphatic carbocycles. The predicted octanol–water partition coefficient (Wildman–Crippen LogP) is 0.689. The van der Waals surface area contributed by atoms with Gasteiger partial charge in [-0.3, -0.25) is 23.9 Å². The summed E-state index contributed by atoms with van der Waals surface area (Å²) in [6, 6.07) is 9.44. The van der Waals surface area contributed by atoms with Crippen molar-refractivity contribution in [2.24, 2.45) is 0 Å². The Morgan fingerprint density at radius 2 is 1.62 bits per heavy atom. The largest absolute Gasteiger partial charge is 0.348 e. The van der Waals surface area contributed by atoms with Gasteiger partial charge >= 0.3 is 0 Å². The van der Waals surface area contributed by atoms with E-state index in [4.69, 9.17) is 11.6 Å². The third kappa shape index (κ3) is 5.52. The Labute approximate surface area is 236 Å².